The molecule has 2 heterocycles. The predicted molar refractivity (Wildman–Crippen MR) is 146 cm³/mol. The summed E-state index contributed by atoms with van der Waals surface area (Å²) in [7, 11) is 0. The van der Waals surface area contributed by atoms with E-state index in [1.54, 1.807) is 18.3 Å². The van der Waals surface area contributed by atoms with Gasteiger partial charge in [-0.15, -0.1) is 0 Å². The molecular weight excluding hydrogens is 462 g/mol. The third-order valence-electron chi connectivity index (χ3n) is 6.66. The summed E-state index contributed by atoms with van der Waals surface area (Å²) in [6.45, 7) is 1.53. The van der Waals surface area contributed by atoms with Crippen molar-refractivity contribution in [2.45, 2.75) is 25.3 Å². The van der Waals surface area contributed by atoms with E-state index in [9.17, 15) is 9.59 Å². The number of nitrogens with zero attached hydrogens (tertiary/aromatic N) is 3. The zero-order valence-electron chi connectivity index (χ0n) is 20.5. The summed E-state index contributed by atoms with van der Waals surface area (Å²) in [6.07, 6.45) is 3.54. The molecule has 1 atom stereocenters. The van der Waals surface area contributed by atoms with Crippen LogP contribution in [0, 0.1) is 0 Å². The van der Waals surface area contributed by atoms with Crippen molar-refractivity contribution in [1.29, 1.82) is 0 Å². The zero-order chi connectivity index (χ0) is 25.8. The molecule has 37 heavy (non-hydrogen) atoms. The second kappa shape index (κ2) is 10.7. The highest BCUT2D eigenvalue weighted by atomic mass is 16.1. The van der Waals surface area contributed by atoms with E-state index in [-0.39, 0.29) is 35.5 Å². The number of piperidine rings is 1. The summed E-state index contributed by atoms with van der Waals surface area (Å²) in [6, 6.07) is 24.3. The normalized spacial score (nSPS) is 15.4. The van der Waals surface area contributed by atoms with Crippen molar-refractivity contribution in [3.05, 3.63) is 107 Å². The van der Waals surface area contributed by atoms with Gasteiger partial charge in [0.15, 0.2) is 17.4 Å². The molecule has 1 unspecified atom stereocenters. The largest absolute Gasteiger partial charge is 0.382 e. The quantitative estimate of drug-likeness (QED) is 0.370. The second-order valence-electron chi connectivity index (χ2n) is 9.34. The molecule has 1 aromatic heterocycles. The van der Waals surface area contributed by atoms with E-state index in [0.29, 0.717) is 23.4 Å². The Kier molecular flexibility index (Phi) is 7.05. The molecule has 7 heteroatoms. The van der Waals surface area contributed by atoms with Crippen LogP contribution in [0.4, 0.5) is 11.5 Å². The van der Waals surface area contributed by atoms with Gasteiger partial charge in [0, 0.05) is 47.9 Å². The average Bonchev–Trinajstić information content (AvgIpc) is 2.94. The molecule has 1 aliphatic rings. The standard InChI is InChI=1S/C30H29N5O2/c31-24-12-7-15-35(19-24)26-14-13-22(29(37)21-10-5-2-6-11-21)16-23(26)17-27(36)28-30(32)33-18-25(34-28)20-8-3-1-4-9-20/h1-6,8-11,13-14,16,18,24H,7,12,15,17,19,31H2,(H2,32,33). The number of rotatable bonds is 7. The smallest absolute Gasteiger partial charge is 0.193 e. The molecule has 0 saturated carbocycles. The van der Waals surface area contributed by atoms with Crippen LogP contribution in [0.3, 0.4) is 0 Å². The third-order valence-corrected chi connectivity index (χ3v) is 6.66. The fourth-order valence-electron chi connectivity index (χ4n) is 4.77. The van der Waals surface area contributed by atoms with Crippen LogP contribution in [-0.4, -0.2) is 40.7 Å². The topological polar surface area (TPSA) is 115 Å². The van der Waals surface area contributed by atoms with Gasteiger partial charge < -0.3 is 16.4 Å². The molecule has 0 spiro atoms. The highest BCUT2D eigenvalue weighted by molar-refractivity contribution is 6.09. The summed E-state index contributed by atoms with van der Waals surface area (Å²) in [5, 5.41) is 0. The molecule has 7 nitrogen and oxygen atoms in total. The van der Waals surface area contributed by atoms with Crippen LogP contribution in [0.5, 0.6) is 0 Å². The maximum absolute atomic E-state index is 13.6. The van der Waals surface area contributed by atoms with Crippen LogP contribution in [0.15, 0.2) is 85.1 Å². The SMILES string of the molecule is Nc1ncc(-c2ccccc2)nc1C(=O)Cc1cc(C(=O)c2ccccc2)ccc1N1CCCC(N)C1. The van der Waals surface area contributed by atoms with E-state index in [2.05, 4.69) is 14.9 Å². The molecule has 186 valence electrons. The lowest BCUT2D eigenvalue weighted by molar-refractivity contribution is 0.0986. The molecule has 5 rings (SSSR count). The van der Waals surface area contributed by atoms with Crippen LogP contribution >= 0.6 is 0 Å². The monoisotopic (exact) mass is 491 g/mol. The van der Waals surface area contributed by atoms with Crippen molar-refractivity contribution in [3.63, 3.8) is 0 Å². The van der Waals surface area contributed by atoms with E-state index in [1.165, 1.54) is 0 Å². The number of hydrogen-bond acceptors (Lipinski definition) is 7. The highest BCUT2D eigenvalue weighted by Gasteiger charge is 2.23. The summed E-state index contributed by atoms with van der Waals surface area (Å²) >= 11 is 0. The molecule has 0 radical (unpaired) electrons. The Bertz CT molecular complexity index is 1420. The first-order chi connectivity index (χ1) is 18.0. The lowest BCUT2D eigenvalue weighted by atomic mass is 9.95. The number of Topliss-reactive ketones (excluding diaryl/α,β-unsaturated/α-hetero) is 1. The Morgan fingerprint density at radius 2 is 1.68 bits per heavy atom. The maximum Gasteiger partial charge on any atom is 0.193 e. The Balaban J connectivity index is 1.51. The Morgan fingerprint density at radius 1 is 0.946 bits per heavy atom. The second-order valence-corrected chi connectivity index (χ2v) is 9.34. The van der Waals surface area contributed by atoms with Gasteiger partial charge in [-0.3, -0.25) is 9.59 Å². The first-order valence-electron chi connectivity index (χ1n) is 12.4. The van der Waals surface area contributed by atoms with Gasteiger partial charge >= 0.3 is 0 Å². The van der Waals surface area contributed by atoms with Gasteiger partial charge in [0.25, 0.3) is 0 Å². The summed E-state index contributed by atoms with van der Waals surface area (Å²) in [5.74, 6) is -0.265. The van der Waals surface area contributed by atoms with Gasteiger partial charge in [-0.25, -0.2) is 9.97 Å². The number of benzene rings is 3. The van der Waals surface area contributed by atoms with Crippen LogP contribution in [0.25, 0.3) is 11.3 Å². The maximum atomic E-state index is 13.6. The van der Waals surface area contributed by atoms with Gasteiger partial charge in [-0.1, -0.05) is 60.7 Å². The molecule has 0 bridgehead atoms. The fraction of sp³-hybridized carbons (Fsp3) is 0.200. The number of anilines is 2. The van der Waals surface area contributed by atoms with Crippen LogP contribution in [0.2, 0.25) is 0 Å². The highest BCUT2D eigenvalue weighted by Crippen LogP contribution is 2.28. The Hall–Kier alpha value is -4.36. The molecule has 3 aromatic carbocycles. The molecular formula is C30H29N5O2. The van der Waals surface area contributed by atoms with Gasteiger partial charge in [0.05, 0.1) is 11.9 Å². The number of hydrogen-bond donors (Lipinski definition) is 2. The summed E-state index contributed by atoms with van der Waals surface area (Å²) < 4.78 is 0. The van der Waals surface area contributed by atoms with Gasteiger partial charge in [-0.05, 0) is 36.6 Å². The zero-order valence-corrected chi connectivity index (χ0v) is 20.5. The average molecular weight is 492 g/mol. The van der Waals surface area contributed by atoms with E-state index in [1.807, 2.05) is 66.7 Å². The number of carbonyl (C=O) groups is 2. The first-order valence-corrected chi connectivity index (χ1v) is 12.4. The number of aromatic nitrogens is 2. The van der Waals surface area contributed by atoms with Gasteiger partial charge in [-0.2, -0.15) is 0 Å². The van der Waals surface area contributed by atoms with Gasteiger partial charge in [0.2, 0.25) is 0 Å². The van der Waals surface area contributed by atoms with Crippen LogP contribution in [-0.2, 0) is 6.42 Å². The predicted octanol–water partition coefficient (Wildman–Crippen LogP) is 4.31. The van der Waals surface area contributed by atoms with Crippen LogP contribution < -0.4 is 16.4 Å². The van der Waals surface area contributed by atoms with Crippen LogP contribution in [0.1, 0.15) is 44.8 Å². The minimum Gasteiger partial charge on any atom is -0.382 e. The number of carbonyl (C=O) groups excluding carboxylic acids is 2. The number of nitrogen functional groups attached to an aromatic ring is 1. The molecule has 1 aliphatic heterocycles. The molecule has 4 aromatic rings. The third kappa shape index (κ3) is 5.42. The fourth-order valence-corrected chi connectivity index (χ4v) is 4.77. The molecule has 0 aliphatic carbocycles. The Morgan fingerprint density at radius 3 is 2.41 bits per heavy atom. The lowest BCUT2D eigenvalue weighted by Gasteiger charge is -2.34. The number of ketones is 2. The van der Waals surface area contributed by atoms with Crippen molar-refractivity contribution in [3.8, 4) is 11.3 Å². The lowest BCUT2D eigenvalue weighted by Crippen LogP contribution is -2.43. The summed E-state index contributed by atoms with van der Waals surface area (Å²) in [4.78, 5) is 37.7. The molecule has 0 amide bonds. The van der Waals surface area contributed by atoms with Crippen molar-refractivity contribution in [2.75, 3.05) is 23.7 Å². The van der Waals surface area contributed by atoms with Crippen molar-refractivity contribution < 1.29 is 9.59 Å². The molecule has 1 saturated heterocycles. The first kappa shape index (κ1) is 24.3. The minimum atomic E-state index is -0.255. The van der Waals surface area contributed by atoms with Gasteiger partial charge in [0.1, 0.15) is 5.69 Å². The van der Waals surface area contributed by atoms with E-state index in [0.717, 1.165) is 36.2 Å². The van der Waals surface area contributed by atoms with Crippen molar-refractivity contribution in [2.24, 2.45) is 5.73 Å². The Labute approximate surface area is 216 Å². The van der Waals surface area contributed by atoms with Crippen molar-refractivity contribution >= 4 is 23.1 Å². The molecule has 1 fully saturated rings. The van der Waals surface area contributed by atoms with E-state index in [4.69, 9.17) is 11.5 Å². The van der Waals surface area contributed by atoms with Crippen molar-refractivity contribution in [1.82, 2.24) is 9.97 Å². The molecule has 4 N–H and O–H groups in total. The number of nitrogens with two attached hydrogens (primary N) is 2. The van der Waals surface area contributed by atoms with E-state index < -0.39 is 0 Å². The van der Waals surface area contributed by atoms with E-state index >= 15 is 0 Å². The minimum absolute atomic E-state index is 0.0358. The summed E-state index contributed by atoms with van der Waals surface area (Å²) in [5.41, 5.74) is 16.7.